The van der Waals surface area contributed by atoms with Crippen LogP contribution in [0.3, 0.4) is 0 Å². The topological polar surface area (TPSA) is 74.5 Å². The molecule has 6 nitrogen and oxygen atoms in total. The van der Waals surface area contributed by atoms with Crippen molar-refractivity contribution in [2.45, 2.75) is 13.5 Å². The molecule has 0 N–H and O–H groups in total. The van der Waals surface area contributed by atoms with E-state index in [1.807, 2.05) is 12.3 Å². The molecule has 0 aliphatic carbocycles. The summed E-state index contributed by atoms with van der Waals surface area (Å²) in [4.78, 5) is 14.7. The molecule has 0 saturated heterocycles. The van der Waals surface area contributed by atoms with Gasteiger partial charge >= 0.3 is 5.69 Å². The number of nitrogens with zero attached hydrogens (tertiary/aromatic N) is 2. The van der Waals surface area contributed by atoms with E-state index in [9.17, 15) is 10.1 Å². The molecule has 1 aromatic carbocycles. The van der Waals surface area contributed by atoms with E-state index in [0.29, 0.717) is 5.75 Å². The fourth-order valence-corrected chi connectivity index (χ4v) is 2.11. The van der Waals surface area contributed by atoms with Crippen molar-refractivity contribution >= 4 is 17.0 Å². The lowest BCUT2D eigenvalue weighted by Gasteiger charge is -2.06. The van der Waals surface area contributed by atoms with Crippen LogP contribution in [0.1, 0.15) is 10.7 Å². The summed E-state index contributed by atoms with van der Waals surface area (Å²) in [5, 5.41) is 13.8. The summed E-state index contributed by atoms with van der Waals surface area (Å²) >= 11 is 1.51. The number of methoxy groups -OCH3 is 1. The van der Waals surface area contributed by atoms with Crippen LogP contribution >= 0.6 is 11.3 Å². The van der Waals surface area contributed by atoms with Crippen LogP contribution in [0.25, 0.3) is 0 Å². The minimum Gasteiger partial charge on any atom is -0.496 e. The summed E-state index contributed by atoms with van der Waals surface area (Å²) in [6.45, 7) is 2.10. The van der Waals surface area contributed by atoms with E-state index in [0.717, 1.165) is 10.7 Å². The number of rotatable bonds is 5. The third kappa shape index (κ3) is 3.19. The van der Waals surface area contributed by atoms with Gasteiger partial charge in [-0.3, -0.25) is 10.1 Å². The Morgan fingerprint density at radius 2 is 2.26 bits per heavy atom. The van der Waals surface area contributed by atoms with Crippen LogP contribution in [0, 0.1) is 17.0 Å². The standard InChI is InChI=1S/C12H12N2O4S/c1-8-13-9(7-19-8)6-18-12-4-3-10(17-2)5-11(12)14(15)16/h3-5,7H,6H2,1-2H3. The third-order valence-electron chi connectivity index (χ3n) is 2.40. The van der Waals surface area contributed by atoms with Crippen LogP contribution in [0.2, 0.25) is 0 Å². The molecule has 0 aliphatic heterocycles. The van der Waals surface area contributed by atoms with Gasteiger partial charge in [-0.2, -0.15) is 0 Å². The zero-order valence-electron chi connectivity index (χ0n) is 10.5. The maximum absolute atomic E-state index is 11.0. The van der Waals surface area contributed by atoms with Crippen LogP contribution < -0.4 is 9.47 Å². The summed E-state index contributed by atoms with van der Waals surface area (Å²) in [6, 6.07) is 4.48. The molecule has 1 heterocycles. The van der Waals surface area contributed by atoms with Gasteiger partial charge in [-0.1, -0.05) is 0 Å². The number of hydrogen-bond acceptors (Lipinski definition) is 6. The maximum Gasteiger partial charge on any atom is 0.314 e. The first kappa shape index (κ1) is 13.3. The van der Waals surface area contributed by atoms with E-state index in [1.165, 1.54) is 30.6 Å². The Hall–Kier alpha value is -2.15. The van der Waals surface area contributed by atoms with Crippen molar-refractivity contribution < 1.29 is 14.4 Å². The first-order chi connectivity index (χ1) is 9.10. The molecule has 0 saturated carbocycles. The lowest BCUT2D eigenvalue weighted by Crippen LogP contribution is -2.00. The molecule has 0 unspecified atom stereocenters. The molecule has 0 spiro atoms. The highest BCUT2D eigenvalue weighted by Gasteiger charge is 2.16. The molecule has 0 amide bonds. The number of nitro groups is 1. The van der Waals surface area contributed by atoms with Gasteiger partial charge in [0.05, 0.1) is 28.8 Å². The number of thiazole rings is 1. The highest BCUT2D eigenvalue weighted by Crippen LogP contribution is 2.31. The van der Waals surface area contributed by atoms with E-state index < -0.39 is 4.92 Å². The lowest BCUT2D eigenvalue weighted by atomic mass is 10.3. The van der Waals surface area contributed by atoms with Crippen molar-refractivity contribution in [2.75, 3.05) is 7.11 Å². The van der Waals surface area contributed by atoms with E-state index in [2.05, 4.69) is 4.98 Å². The van der Waals surface area contributed by atoms with Gasteiger partial charge in [-0.05, 0) is 19.1 Å². The monoisotopic (exact) mass is 280 g/mol. The largest absolute Gasteiger partial charge is 0.496 e. The molecule has 7 heteroatoms. The number of aryl methyl sites for hydroxylation is 1. The number of benzene rings is 1. The highest BCUT2D eigenvalue weighted by atomic mass is 32.1. The smallest absolute Gasteiger partial charge is 0.314 e. The molecule has 2 rings (SSSR count). The van der Waals surface area contributed by atoms with Crippen molar-refractivity contribution in [2.24, 2.45) is 0 Å². The number of aromatic nitrogens is 1. The van der Waals surface area contributed by atoms with Crippen LogP contribution in [0.5, 0.6) is 11.5 Å². The lowest BCUT2D eigenvalue weighted by molar-refractivity contribution is -0.386. The zero-order valence-corrected chi connectivity index (χ0v) is 11.3. The molecule has 2 aromatic rings. The molecule has 0 fully saturated rings. The van der Waals surface area contributed by atoms with Gasteiger partial charge in [-0.25, -0.2) is 4.98 Å². The fourth-order valence-electron chi connectivity index (χ4n) is 1.52. The van der Waals surface area contributed by atoms with Crippen LogP contribution in [-0.2, 0) is 6.61 Å². The highest BCUT2D eigenvalue weighted by molar-refractivity contribution is 7.09. The Morgan fingerprint density at radius 3 is 2.84 bits per heavy atom. The molecule has 0 bridgehead atoms. The van der Waals surface area contributed by atoms with Crippen molar-refractivity contribution in [3.8, 4) is 11.5 Å². The first-order valence-corrected chi connectivity index (χ1v) is 6.34. The molecule has 0 radical (unpaired) electrons. The maximum atomic E-state index is 11.0. The van der Waals surface area contributed by atoms with Crippen LogP contribution in [0.15, 0.2) is 23.6 Å². The SMILES string of the molecule is COc1ccc(OCc2csc(C)n2)c([N+](=O)[O-])c1. The second-order valence-electron chi connectivity index (χ2n) is 3.74. The molecule has 100 valence electrons. The molecule has 0 aliphatic rings. The summed E-state index contributed by atoms with van der Waals surface area (Å²) in [6.07, 6.45) is 0. The van der Waals surface area contributed by atoms with Crippen molar-refractivity contribution in [3.63, 3.8) is 0 Å². The molecule has 1 aromatic heterocycles. The fraction of sp³-hybridized carbons (Fsp3) is 0.250. The van der Waals surface area contributed by atoms with Crippen molar-refractivity contribution in [1.29, 1.82) is 0 Å². The summed E-state index contributed by atoms with van der Waals surface area (Å²) in [5.41, 5.74) is 0.638. The van der Waals surface area contributed by atoms with Gasteiger partial charge in [0.2, 0.25) is 0 Å². The average molecular weight is 280 g/mol. The van der Waals surface area contributed by atoms with Crippen molar-refractivity contribution in [1.82, 2.24) is 4.98 Å². The summed E-state index contributed by atoms with van der Waals surface area (Å²) < 4.78 is 10.4. The third-order valence-corrected chi connectivity index (χ3v) is 3.23. The van der Waals surface area contributed by atoms with Gasteiger partial charge in [0, 0.05) is 5.38 Å². The Bertz CT molecular complexity index is 597. The Labute approximate surface area is 113 Å². The summed E-state index contributed by atoms with van der Waals surface area (Å²) in [5.74, 6) is 0.625. The van der Waals surface area contributed by atoms with Crippen LogP contribution in [0.4, 0.5) is 5.69 Å². The molecule has 0 atom stereocenters. The zero-order chi connectivity index (χ0) is 13.8. The second kappa shape index (κ2) is 5.66. The molecule has 19 heavy (non-hydrogen) atoms. The average Bonchev–Trinajstić information content (AvgIpc) is 2.82. The quantitative estimate of drug-likeness (QED) is 0.621. The van der Waals surface area contributed by atoms with Gasteiger partial charge in [0.25, 0.3) is 0 Å². The van der Waals surface area contributed by atoms with Crippen LogP contribution in [-0.4, -0.2) is 17.0 Å². The van der Waals surface area contributed by atoms with Crippen molar-refractivity contribution in [3.05, 3.63) is 44.4 Å². The Balaban J connectivity index is 2.17. The minimum atomic E-state index is -0.496. The van der Waals surface area contributed by atoms with Gasteiger partial charge in [0.15, 0.2) is 5.75 Å². The molecular weight excluding hydrogens is 268 g/mol. The van der Waals surface area contributed by atoms with Gasteiger partial charge in [-0.15, -0.1) is 11.3 Å². The Kier molecular flexibility index (Phi) is 3.96. The predicted octanol–water partition coefficient (Wildman–Crippen LogP) is 2.95. The van der Waals surface area contributed by atoms with Gasteiger partial charge < -0.3 is 9.47 Å². The first-order valence-electron chi connectivity index (χ1n) is 5.46. The molecular formula is C12H12N2O4S. The Morgan fingerprint density at radius 1 is 1.47 bits per heavy atom. The van der Waals surface area contributed by atoms with Gasteiger partial charge in [0.1, 0.15) is 12.4 Å². The minimum absolute atomic E-state index is 0.119. The van der Waals surface area contributed by atoms with E-state index in [-0.39, 0.29) is 18.0 Å². The number of hydrogen-bond donors (Lipinski definition) is 0. The predicted molar refractivity (Wildman–Crippen MR) is 70.8 cm³/mol. The van der Waals surface area contributed by atoms with E-state index >= 15 is 0 Å². The second-order valence-corrected chi connectivity index (χ2v) is 4.80. The normalized spacial score (nSPS) is 10.2. The number of nitro benzene ring substituents is 1. The van der Waals surface area contributed by atoms with E-state index in [1.54, 1.807) is 6.07 Å². The van der Waals surface area contributed by atoms with E-state index in [4.69, 9.17) is 9.47 Å². The summed E-state index contributed by atoms with van der Waals surface area (Å²) in [7, 11) is 1.46. The number of ether oxygens (including phenoxy) is 2.